The van der Waals surface area contributed by atoms with Crippen LogP contribution in [-0.4, -0.2) is 38.7 Å². The molecule has 1 aliphatic heterocycles. The molecule has 2 aromatic carbocycles. The van der Waals surface area contributed by atoms with Gasteiger partial charge < -0.3 is 10.1 Å². The lowest BCUT2D eigenvalue weighted by Crippen LogP contribution is -2.44. The summed E-state index contributed by atoms with van der Waals surface area (Å²) in [6.07, 6.45) is 1.71. The van der Waals surface area contributed by atoms with Crippen molar-refractivity contribution < 1.29 is 19.1 Å². The SMILES string of the molecule is CC(C(=O)Oc1cccc(Nc2nc(-c3ccccn3)cs2)c1)N1C(=O)c2ccccc2C1=O. The second kappa shape index (κ2) is 8.87. The first-order chi connectivity index (χ1) is 16.5. The highest BCUT2D eigenvalue weighted by Gasteiger charge is 2.41. The third-order valence-corrected chi connectivity index (χ3v) is 6.05. The van der Waals surface area contributed by atoms with Gasteiger partial charge in [0.2, 0.25) is 0 Å². The Morgan fingerprint density at radius 3 is 2.41 bits per heavy atom. The van der Waals surface area contributed by atoms with Crippen LogP contribution in [0, 0.1) is 0 Å². The van der Waals surface area contributed by atoms with Crippen molar-refractivity contribution in [1.82, 2.24) is 14.9 Å². The van der Waals surface area contributed by atoms with E-state index in [0.29, 0.717) is 10.8 Å². The summed E-state index contributed by atoms with van der Waals surface area (Å²) < 4.78 is 5.48. The lowest BCUT2D eigenvalue weighted by Gasteiger charge is -2.20. The van der Waals surface area contributed by atoms with E-state index in [-0.39, 0.29) is 16.9 Å². The summed E-state index contributed by atoms with van der Waals surface area (Å²) in [5, 5.41) is 5.74. The first kappa shape index (κ1) is 21.5. The highest BCUT2D eigenvalue weighted by Crippen LogP contribution is 2.28. The predicted molar refractivity (Wildman–Crippen MR) is 127 cm³/mol. The van der Waals surface area contributed by atoms with Crippen LogP contribution in [0.5, 0.6) is 5.75 Å². The smallest absolute Gasteiger partial charge is 0.334 e. The van der Waals surface area contributed by atoms with Crippen molar-refractivity contribution >= 4 is 39.9 Å². The van der Waals surface area contributed by atoms with Crippen LogP contribution in [0.4, 0.5) is 10.8 Å². The van der Waals surface area contributed by atoms with Gasteiger partial charge in [-0.05, 0) is 43.3 Å². The molecular weight excluding hydrogens is 452 g/mol. The number of nitrogens with one attached hydrogen (secondary N) is 1. The Hall–Kier alpha value is -4.37. The predicted octanol–water partition coefficient (Wildman–Crippen LogP) is 4.54. The van der Waals surface area contributed by atoms with Crippen molar-refractivity contribution in [3.05, 3.63) is 89.4 Å². The number of thiazole rings is 1. The van der Waals surface area contributed by atoms with Crippen molar-refractivity contribution in [2.24, 2.45) is 0 Å². The van der Waals surface area contributed by atoms with Crippen molar-refractivity contribution in [2.75, 3.05) is 5.32 Å². The molecule has 34 heavy (non-hydrogen) atoms. The molecule has 1 atom stereocenters. The van der Waals surface area contributed by atoms with Gasteiger partial charge in [0, 0.05) is 23.3 Å². The lowest BCUT2D eigenvalue weighted by molar-refractivity contribution is -0.138. The number of carbonyl (C=O) groups excluding carboxylic acids is 3. The van der Waals surface area contributed by atoms with E-state index in [0.717, 1.165) is 16.3 Å². The largest absolute Gasteiger partial charge is 0.425 e. The number of anilines is 2. The molecule has 5 rings (SSSR count). The highest BCUT2D eigenvalue weighted by atomic mass is 32.1. The van der Waals surface area contributed by atoms with E-state index in [1.54, 1.807) is 48.7 Å². The zero-order valence-electron chi connectivity index (χ0n) is 18.0. The zero-order valence-corrected chi connectivity index (χ0v) is 18.8. The molecule has 3 heterocycles. The summed E-state index contributed by atoms with van der Waals surface area (Å²) >= 11 is 1.42. The lowest BCUT2D eigenvalue weighted by atomic mass is 10.1. The van der Waals surface area contributed by atoms with Crippen LogP contribution in [0.1, 0.15) is 27.6 Å². The number of aromatic nitrogens is 2. The number of hydrogen-bond acceptors (Lipinski definition) is 8. The van der Waals surface area contributed by atoms with E-state index in [2.05, 4.69) is 15.3 Å². The Balaban J connectivity index is 1.27. The number of nitrogens with zero attached hydrogens (tertiary/aromatic N) is 3. The Bertz CT molecular complexity index is 1370. The van der Waals surface area contributed by atoms with Crippen molar-refractivity contribution in [1.29, 1.82) is 0 Å². The zero-order chi connectivity index (χ0) is 23.7. The number of fused-ring (bicyclic) bond motifs is 1. The first-order valence-corrected chi connectivity index (χ1v) is 11.3. The molecule has 0 saturated heterocycles. The van der Waals surface area contributed by atoms with Gasteiger partial charge in [0.05, 0.1) is 16.8 Å². The van der Waals surface area contributed by atoms with Crippen molar-refractivity contribution in [3.63, 3.8) is 0 Å². The van der Waals surface area contributed by atoms with Gasteiger partial charge in [-0.3, -0.25) is 19.5 Å². The molecule has 2 amide bonds. The third-order valence-electron chi connectivity index (χ3n) is 5.29. The molecule has 0 radical (unpaired) electrons. The topological polar surface area (TPSA) is 101 Å². The minimum absolute atomic E-state index is 0.278. The normalized spacial score (nSPS) is 13.5. The number of hydrogen-bond donors (Lipinski definition) is 1. The fourth-order valence-corrected chi connectivity index (χ4v) is 4.31. The van der Waals surface area contributed by atoms with E-state index in [1.807, 2.05) is 29.6 Å². The van der Waals surface area contributed by atoms with E-state index in [9.17, 15) is 14.4 Å². The van der Waals surface area contributed by atoms with E-state index in [4.69, 9.17) is 4.74 Å². The molecule has 1 unspecified atom stereocenters. The van der Waals surface area contributed by atoms with Gasteiger partial charge in [-0.25, -0.2) is 9.78 Å². The summed E-state index contributed by atoms with van der Waals surface area (Å²) in [6.45, 7) is 1.47. The van der Waals surface area contributed by atoms with Gasteiger partial charge in [-0.15, -0.1) is 11.3 Å². The second-order valence-corrected chi connectivity index (χ2v) is 8.39. The Labute approximate surface area is 198 Å². The van der Waals surface area contributed by atoms with Crippen LogP contribution in [0.2, 0.25) is 0 Å². The molecule has 0 aliphatic carbocycles. The number of benzene rings is 2. The van der Waals surface area contributed by atoms with Crippen LogP contribution in [0.3, 0.4) is 0 Å². The summed E-state index contributed by atoms with van der Waals surface area (Å²) in [7, 11) is 0. The van der Waals surface area contributed by atoms with Crippen LogP contribution < -0.4 is 10.1 Å². The van der Waals surface area contributed by atoms with Gasteiger partial charge in [-0.2, -0.15) is 0 Å². The number of imide groups is 1. The monoisotopic (exact) mass is 470 g/mol. The van der Waals surface area contributed by atoms with Crippen molar-refractivity contribution in [2.45, 2.75) is 13.0 Å². The van der Waals surface area contributed by atoms with Gasteiger partial charge in [-0.1, -0.05) is 24.3 Å². The number of carbonyl (C=O) groups is 3. The standard InChI is InChI=1S/C25H18N4O4S/c1-15(29-22(30)18-9-2-3-10-19(18)23(29)31)24(32)33-17-8-6-7-16(13-17)27-25-28-21(14-34-25)20-11-4-5-12-26-20/h2-15H,1H3,(H,27,28). The maximum atomic E-state index is 12.8. The number of esters is 1. The number of amides is 2. The van der Waals surface area contributed by atoms with Gasteiger partial charge >= 0.3 is 5.97 Å². The maximum absolute atomic E-state index is 12.8. The van der Waals surface area contributed by atoms with Gasteiger partial charge in [0.15, 0.2) is 5.13 Å². The summed E-state index contributed by atoms with van der Waals surface area (Å²) in [5.74, 6) is -1.45. The molecule has 1 aliphatic rings. The molecule has 0 fully saturated rings. The maximum Gasteiger partial charge on any atom is 0.334 e. The van der Waals surface area contributed by atoms with Crippen molar-refractivity contribution in [3.8, 4) is 17.1 Å². The molecule has 9 heteroatoms. The van der Waals surface area contributed by atoms with Gasteiger partial charge in [0.25, 0.3) is 11.8 Å². The molecule has 0 bridgehead atoms. The molecule has 2 aromatic heterocycles. The first-order valence-electron chi connectivity index (χ1n) is 10.4. The van der Waals surface area contributed by atoms with E-state index in [1.165, 1.54) is 18.3 Å². The highest BCUT2D eigenvalue weighted by molar-refractivity contribution is 7.14. The fourth-order valence-electron chi connectivity index (χ4n) is 3.59. The summed E-state index contributed by atoms with van der Waals surface area (Å²) in [4.78, 5) is 47.8. The minimum atomic E-state index is -1.08. The second-order valence-electron chi connectivity index (χ2n) is 7.53. The number of pyridine rings is 1. The van der Waals surface area contributed by atoms with E-state index < -0.39 is 23.8 Å². The number of rotatable bonds is 6. The molecule has 168 valence electrons. The number of ether oxygens (including phenoxy) is 1. The van der Waals surface area contributed by atoms with E-state index >= 15 is 0 Å². The molecule has 4 aromatic rings. The van der Waals surface area contributed by atoms with Gasteiger partial charge in [0.1, 0.15) is 17.5 Å². The molecule has 0 saturated carbocycles. The minimum Gasteiger partial charge on any atom is -0.425 e. The average Bonchev–Trinajstić information content (AvgIpc) is 3.42. The van der Waals surface area contributed by atoms with Crippen LogP contribution in [0.25, 0.3) is 11.4 Å². The molecule has 8 nitrogen and oxygen atoms in total. The Morgan fingerprint density at radius 2 is 1.71 bits per heavy atom. The average molecular weight is 471 g/mol. The van der Waals surface area contributed by atoms with Crippen LogP contribution in [-0.2, 0) is 4.79 Å². The molecular formula is C25H18N4O4S. The quantitative estimate of drug-likeness (QED) is 0.251. The Morgan fingerprint density at radius 1 is 0.971 bits per heavy atom. The van der Waals surface area contributed by atoms with Crippen LogP contribution in [0.15, 0.2) is 78.3 Å². The Kier molecular flexibility index (Phi) is 5.60. The molecule has 0 spiro atoms. The fraction of sp³-hybridized carbons (Fsp3) is 0.0800. The summed E-state index contributed by atoms with van der Waals surface area (Å²) in [5.41, 5.74) is 2.77. The third kappa shape index (κ3) is 4.04. The van der Waals surface area contributed by atoms with Crippen LogP contribution >= 0.6 is 11.3 Å². The molecule has 1 N–H and O–H groups in total. The summed E-state index contributed by atoms with van der Waals surface area (Å²) in [6, 6.07) is 17.9.